The van der Waals surface area contributed by atoms with Crippen molar-refractivity contribution in [3.05, 3.63) is 0 Å². The van der Waals surface area contributed by atoms with Gasteiger partial charge in [-0.05, 0) is 44.4 Å². The number of hydrogen-bond acceptors (Lipinski definition) is 3. The maximum absolute atomic E-state index is 11.6. The topological polar surface area (TPSA) is 74.8 Å². The number of methoxy groups -OCH3 is 1. The first-order valence-corrected chi connectivity index (χ1v) is 8.98. The molecule has 2 aliphatic carbocycles. The Morgan fingerprint density at radius 3 is 2.46 bits per heavy atom. The molecule has 0 aliphatic heterocycles. The van der Waals surface area contributed by atoms with Gasteiger partial charge < -0.3 is 20.7 Å². The first-order chi connectivity index (χ1) is 11.2. The van der Waals surface area contributed by atoms with Crippen LogP contribution in [-0.2, 0) is 9.53 Å². The van der Waals surface area contributed by atoms with Gasteiger partial charge in [0, 0.05) is 45.8 Å². The van der Waals surface area contributed by atoms with E-state index < -0.39 is 0 Å². The van der Waals surface area contributed by atoms with Gasteiger partial charge in [-0.15, -0.1) is 24.0 Å². The molecule has 7 heteroatoms. The molecule has 0 aromatic carbocycles. The Labute approximate surface area is 163 Å². The van der Waals surface area contributed by atoms with E-state index in [1.54, 1.807) is 7.11 Å². The molecule has 0 spiro atoms. The number of amides is 1. The number of hydrogen-bond donors (Lipinski definition) is 3. The first-order valence-electron chi connectivity index (χ1n) is 8.98. The van der Waals surface area contributed by atoms with Crippen molar-refractivity contribution in [2.75, 3.05) is 39.9 Å². The van der Waals surface area contributed by atoms with Crippen LogP contribution in [0.5, 0.6) is 0 Å². The summed E-state index contributed by atoms with van der Waals surface area (Å²) in [6.07, 6.45) is 6.98. The second kappa shape index (κ2) is 11.1. The number of halogens is 1. The van der Waals surface area contributed by atoms with Crippen LogP contribution in [0.2, 0.25) is 0 Å². The van der Waals surface area contributed by atoms with E-state index in [0.29, 0.717) is 18.5 Å². The van der Waals surface area contributed by atoms with E-state index in [4.69, 9.17) is 9.73 Å². The Hall–Kier alpha value is -0.570. The van der Waals surface area contributed by atoms with Gasteiger partial charge in [0.05, 0.1) is 0 Å². The number of ether oxygens (including phenoxy) is 1. The van der Waals surface area contributed by atoms with Gasteiger partial charge in [-0.3, -0.25) is 9.79 Å². The van der Waals surface area contributed by atoms with Crippen LogP contribution < -0.4 is 16.0 Å². The number of carbonyl (C=O) groups is 1. The number of rotatable bonds is 10. The summed E-state index contributed by atoms with van der Waals surface area (Å²) in [7, 11) is 1.76. The molecule has 0 aromatic rings. The lowest BCUT2D eigenvalue weighted by molar-refractivity contribution is -0.122. The first kappa shape index (κ1) is 21.5. The summed E-state index contributed by atoms with van der Waals surface area (Å²) in [5.74, 6) is 1.31. The third-order valence-corrected chi connectivity index (χ3v) is 4.83. The number of nitrogens with zero attached hydrogens (tertiary/aromatic N) is 1. The molecular weight excluding hydrogens is 419 g/mol. The molecule has 1 amide bonds. The van der Waals surface area contributed by atoms with Crippen molar-refractivity contribution in [1.82, 2.24) is 16.0 Å². The molecule has 0 radical (unpaired) electrons. The fourth-order valence-corrected chi connectivity index (χ4v) is 2.93. The van der Waals surface area contributed by atoms with E-state index in [0.717, 1.165) is 44.9 Å². The van der Waals surface area contributed by atoms with Crippen molar-refractivity contribution in [3.8, 4) is 0 Å². The van der Waals surface area contributed by atoms with E-state index in [1.807, 2.05) is 0 Å². The minimum Gasteiger partial charge on any atom is -0.385 e. The highest BCUT2D eigenvalue weighted by Crippen LogP contribution is 2.44. The fraction of sp³-hybridized carbons (Fsp3) is 0.882. The number of guanidine groups is 1. The number of aliphatic imine (C=N–C) groups is 1. The maximum atomic E-state index is 11.6. The zero-order valence-corrected chi connectivity index (χ0v) is 17.4. The van der Waals surface area contributed by atoms with Crippen molar-refractivity contribution in [1.29, 1.82) is 0 Å². The van der Waals surface area contributed by atoms with Gasteiger partial charge in [0.25, 0.3) is 0 Å². The summed E-state index contributed by atoms with van der Waals surface area (Å²) in [6, 6.07) is 0. The molecule has 0 saturated heterocycles. The van der Waals surface area contributed by atoms with E-state index in [2.05, 4.69) is 22.9 Å². The molecule has 0 atom stereocenters. The van der Waals surface area contributed by atoms with Crippen molar-refractivity contribution >= 4 is 35.8 Å². The SMILES string of the molecule is CCNC(=NCC1(CCOC)CCC1)NCCNC(=O)C1CC1.I. The van der Waals surface area contributed by atoms with Gasteiger partial charge in [-0.25, -0.2) is 0 Å². The second-order valence-electron chi connectivity index (χ2n) is 6.78. The normalized spacial score (nSPS) is 19.0. The smallest absolute Gasteiger partial charge is 0.223 e. The molecule has 0 unspecified atom stereocenters. The predicted octanol–water partition coefficient (Wildman–Crippen LogP) is 1.89. The largest absolute Gasteiger partial charge is 0.385 e. The van der Waals surface area contributed by atoms with Crippen LogP contribution in [0, 0.1) is 11.3 Å². The van der Waals surface area contributed by atoms with E-state index in [1.165, 1.54) is 19.3 Å². The molecule has 0 aromatic heterocycles. The minimum absolute atomic E-state index is 0. The van der Waals surface area contributed by atoms with Crippen molar-refractivity contribution in [2.24, 2.45) is 16.3 Å². The summed E-state index contributed by atoms with van der Waals surface area (Å²) >= 11 is 0. The lowest BCUT2D eigenvalue weighted by atomic mass is 9.67. The van der Waals surface area contributed by atoms with Crippen molar-refractivity contribution in [3.63, 3.8) is 0 Å². The molecule has 0 heterocycles. The van der Waals surface area contributed by atoms with E-state index in [9.17, 15) is 4.79 Å². The molecule has 0 bridgehead atoms. The minimum atomic E-state index is 0. The van der Waals surface area contributed by atoms with E-state index in [-0.39, 0.29) is 35.8 Å². The zero-order valence-electron chi connectivity index (χ0n) is 15.0. The summed E-state index contributed by atoms with van der Waals surface area (Å²) in [6.45, 7) is 5.91. The zero-order chi connectivity index (χ0) is 16.5. The molecule has 2 fully saturated rings. The summed E-state index contributed by atoms with van der Waals surface area (Å²) in [5.41, 5.74) is 0.332. The fourth-order valence-electron chi connectivity index (χ4n) is 2.93. The van der Waals surface area contributed by atoms with E-state index >= 15 is 0 Å². The van der Waals surface area contributed by atoms with Crippen molar-refractivity contribution < 1.29 is 9.53 Å². The van der Waals surface area contributed by atoms with Crippen LogP contribution >= 0.6 is 24.0 Å². The van der Waals surface area contributed by atoms with Gasteiger partial charge in [0.15, 0.2) is 5.96 Å². The third-order valence-electron chi connectivity index (χ3n) is 4.83. The van der Waals surface area contributed by atoms with Crippen molar-refractivity contribution in [2.45, 2.75) is 45.4 Å². The standard InChI is InChI=1S/C17H32N4O2.HI/c1-3-18-16(20-11-10-19-15(22)14-5-6-14)21-13-17(7-4-8-17)9-12-23-2;/h14H,3-13H2,1-2H3,(H,19,22)(H2,18,20,21);1H. The molecule has 140 valence electrons. The second-order valence-corrected chi connectivity index (χ2v) is 6.78. The molecule has 6 nitrogen and oxygen atoms in total. The van der Waals surface area contributed by atoms with Gasteiger partial charge in [-0.1, -0.05) is 6.42 Å². The Balaban J connectivity index is 0.00000288. The summed E-state index contributed by atoms with van der Waals surface area (Å²) in [4.78, 5) is 16.3. The average Bonchev–Trinajstić information content (AvgIpc) is 3.34. The molecule has 24 heavy (non-hydrogen) atoms. The van der Waals surface area contributed by atoms with Crippen LogP contribution in [0.4, 0.5) is 0 Å². The van der Waals surface area contributed by atoms with Crippen LogP contribution in [-0.4, -0.2) is 51.8 Å². The molecule has 2 aliphatic rings. The van der Waals surface area contributed by atoms with Gasteiger partial charge in [-0.2, -0.15) is 0 Å². The number of carbonyl (C=O) groups excluding carboxylic acids is 1. The van der Waals surface area contributed by atoms with Crippen LogP contribution in [0.3, 0.4) is 0 Å². The molecule has 2 saturated carbocycles. The van der Waals surface area contributed by atoms with Gasteiger partial charge in [0.2, 0.25) is 5.91 Å². The Bertz CT molecular complexity index is 409. The third kappa shape index (κ3) is 7.13. The van der Waals surface area contributed by atoms with Crippen LogP contribution in [0.1, 0.15) is 45.4 Å². The van der Waals surface area contributed by atoms with Gasteiger partial charge >= 0.3 is 0 Å². The predicted molar refractivity (Wildman–Crippen MR) is 108 cm³/mol. The molecular formula is C17H33IN4O2. The monoisotopic (exact) mass is 452 g/mol. The quantitative estimate of drug-likeness (QED) is 0.205. The van der Waals surface area contributed by atoms with Crippen LogP contribution in [0.25, 0.3) is 0 Å². The Morgan fingerprint density at radius 1 is 1.21 bits per heavy atom. The molecule has 3 N–H and O–H groups in total. The molecule has 2 rings (SSSR count). The van der Waals surface area contributed by atoms with Crippen LogP contribution in [0.15, 0.2) is 4.99 Å². The van der Waals surface area contributed by atoms with Gasteiger partial charge in [0.1, 0.15) is 0 Å². The summed E-state index contributed by atoms with van der Waals surface area (Å²) in [5, 5.41) is 9.55. The Kier molecular flexibility index (Phi) is 9.95. The highest BCUT2D eigenvalue weighted by atomic mass is 127. The average molecular weight is 452 g/mol. The summed E-state index contributed by atoms with van der Waals surface area (Å²) < 4.78 is 5.23. The number of nitrogens with one attached hydrogen (secondary N) is 3. The lowest BCUT2D eigenvalue weighted by Gasteiger charge is -2.40. The lowest BCUT2D eigenvalue weighted by Crippen LogP contribution is -2.43. The highest BCUT2D eigenvalue weighted by molar-refractivity contribution is 14.0. The highest BCUT2D eigenvalue weighted by Gasteiger charge is 2.36. The Morgan fingerprint density at radius 2 is 1.92 bits per heavy atom. The maximum Gasteiger partial charge on any atom is 0.223 e.